The van der Waals surface area contributed by atoms with Crippen LogP contribution in [0.4, 0.5) is 0 Å². The van der Waals surface area contributed by atoms with Gasteiger partial charge in [-0.1, -0.05) is 6.92 Å². The number of carbonyl (C=O) groups excluding carboxylic acids is 1. The number of guanidine groups is 1. The molecule has 0 saturated carbocycles. The van der Waals surface area contributed by atoms with Gasteiger partial charge in [0.05, 0.1) is 0 Å². The van der Waals surface area contributed by atoms with Crippen molar-refractivity contribution in [1.29, 1.82) is 0 Å². The fourth-order valence-electron chi connectivity index (χ4n) is 1.64. The van der Waals surface area contributed by atoms with E-state index in [2.05, 4.69) is 27.9 Å². The minimum absolute atomic E-state index is 0. The van der Waals surface area contributed by atoms with E-state index in [0.29, 0.717) is 18.7 Å². The van der Waals surface area contributed by atoms with Crippen LogP contribution in [-0.4, -0.2) is 43.2 Å². The number of amides is 1. The third-order valence-electron chi connectivity index (χ3n) is 2.67. The number of hydrogen-bond donors (Lipinski definition) is 4. The molecule has 1 amide bonds. The Morgan fingerprint density at radius 3 is 2.32 bits per heavy atom. The van der Waals surface area contributed by atoms with Gasteiger partial charge in [-0.3, -0.25) is 9.79 Å². The number of carbonyl (C=O) groups is 1. The number of phenols is 1. The lowest BCUT2D eigenvalue weighted by Gasteiger charge is -2.11. The lowest BCUT2D eigenvalue weighted by Crippen LogP contribution is -2.41. The maximum atomic E-state index is 11.8. The molecule has 0 atom stereocenters. The van der Waals surface area contributed by atoms with Gasteiger partial charge in [0.15, 0.2) is 5.96 Å². The van der Waals surface area contributed by atoms with E-state index in [1.54, 1.807) is 12.1 Å². The molecule has 6 nitrogen and oxygen atoms in total. The molecule has 0 aliphatic rings. The van der Waals surface area contributed by atoms with Gasteiger partial charge in [0.2, 0.25) is 0 Å². The summed E-state index contributed by atoms with van der Waals surface area (Å²) in [5.74, 6) is 0.751. The number of aromatic hydroxyl groups is 1. The van der Waals surface area contributed by atoms with Gasteiger partial charge in [0.25, 0.3) is 5.91 Å². The van der Waals surface area contributed by atoms with Crippen molar-refractivity contribution in [2.45, 2.75) is 20.3 Å². The maximum Gasteiger partial charge on any atom is 0.251 e. The molecular weight excluding hydrogens is 395 g/mol. The second-order valence-electron chi connectivity index (χ2n) is 4.49. The summed E-state index contributed by atoms with van der Waals surface area (Å²) >= 11 is 0. The zero-order chi connectivity index (χ0) is 15.5. The van der Waals surface area contributed by atoms with Crippen LogP contribution < -0.4 is 16.0 Å². The Balaban J connectivity index is 0.00000441. The first-order valence-corrected chi connectivity index (χ1v) is 7.26. The van der Waals surface area contributed by atoms with Gasteiger partial charge >= 0.3 is 0 Å². The predicted molar refractivity (Wildman–Crippen MR) is 100 cm³/mol. The van der Waals surface area contributed by atoms with Crippen molar-refractivity contribution in [3.8, 4) is 5.75 Å². The number of phenolic OH excluding ortho intramolecular Hbond substituents is 1. The van der Waals surface area contributed by atoms with E-state index < -0.39 is 0 Å². The van der Waals surface area contributed by atoms with Crippen LogP contribution in [0, 0.1) is 0 Å². The average molecular weight is 420 g/mol. The highest BCUT2D eigenvalue weighted by atomic mass is 127. The van der Waals surface area contributed by atoms with E-state index in [9.17, 15) is 9.90 Å². The van der Waals surface area contributed by atoms with Gasteiger partial charge in [-0.2, -0.15) is 0 Å². The summed E-state index contributed by atoms with van der Waals surface area (Å²) in [5, 5.41) is 18.3. The zero-order valence-corrected chi connectivity index (χ0v) is 15.4. The highest BCUT2D eigenvalue weighted by Gasteiger charge is 2.04. The van der Waals surface area contributed by atoms with Crippen LogP contribution in [0.5, 0.6) is 5.75 Å². The third kappa shape index (κ3) is 8.06. The normalized spacial score (nSPS) is 10.5. The summed E-state index contributed by atoms with van der Waals surface area (Å²) in [7, 11) is 0. The van der Waals surface area contributed by atoms with E-state index >= 15 is 0 Å². The van der Waals surface area contributed by atoms with E-state index in [0.717, 1.165) is 25.5 Å². The zero-order valence-electron chi connectivity index (χ0n) is 13.1. The molecule has 0 heterocycles. The van der Waals surface area contributed by atoms with Crippen molar-refractivity contribution in [3.63, 3.8) is 0 Å². The van der Waals surface area contributed by atoms with E-state index in [1.165, 1.54) is 12.1 Å². The van der Waals surface area contributed by atoms with Crippen LogP contribution >= 0.6 is 24.0 Å². The summed E-state index contributed by atoms with van der Waals surface area (Å²) in [6, 6.07) is 6.16. The largest absolute Gasteiger partial charge is 0.508 e. The SMILES string of the molecule is CCCN=C(NCC)NCCNC(=O)c1ccc(O)cc1.I. The molecule has 124 valence electrons. The van der Waals surface area contributed by atoms with Crippen LogP contribution in [0.3, 0.4) is 0 Å². The Bertz CT molecular complexity index is 463. The van der Waals surface area contributed by atoms with Crippen molar-refractivity contribution < 1.29 is 9.90 Å². The topological polar surface area (TPSA) is 85.8 Å². The summed E-state index contributed by atoms with van der Waals surface area (Å²) in [4.78, 5) is 16.2. The molecule has 0 saturated heterocycles. The highest BCUT2D eigenvalue weighted by Crippen LogP contribution is 2.08. The van der Waals surface area contributed by atoms with E-state index in [1.807, 2.05) is 6.92 Å². The van der Waals surface area contributed by atoms with Crippen LogP contribution in [0.1, 0.15) is 30.6 Å². The summed E-state index contributed by atoms with van der Waals surface area (Å²) in [5.41, 5.74) is 0.527. The van der Waals surface area contributed by atoms with Gasteiger partial charge in [0.1, 0.15) is 5.75 Å². The molecule has 1 rings (SSSR count). The number of rotatable bonds is 7. The molecule has 0 radical (unpaired) electrons. The van der Waals surface area contributed by atoms with E-state index in [4.69, 9.17) is 0 Å². The molecule has 0 spiro atoms. The Morgan fingerprint density at radius 2 is 1.73 bits per heavy atom. The number of benzene rings is 1. The molecule has 0 bridgehead atoms. The average Bonchev–Trinajstić information content (AvgIpc) is 2.49. The van der Waals surface area contributed by atoms with Gasteiger partial charge in [-0.15, -0.1) is 24.0 Å². The molecule has 4 N–H and O–H groups in total. The quantitative estimate of drug-likeness (QED) is 0.234. The second-order valence-corrected chi connectivity index (χ2v) is 4.49. The molecule has 0 aromatic heterocycles. The summed E-state index contributed by atoms with van der Waals surface area (Å²) in [6.07, 6.45) is 0.994. The lowest BCUT2D eigenvalue weighted by atomic mass is 10.2. The molecule has 7 heteroatoms. The Kier molecular flexibility index (Phi) is 11.2. The van der Waals surface area contributed by atoms with Gasteiger partial charge < -0.3 is 21.1 Å². The van der Waals surface area contributed by atoms with Crippen molar-refractivity contribution in [2.75, 3.05) is 26.2 Å². The number of nitrogens with zero attached hydrogens (tertiary/aromatic N) is 1. The van der Waals surface area contributed by atoms with Crippen molar-refractivity contribution in [3.05, 3.63) is 29.8 Å². The number of halogens is 1. The Morgan fingerprint density at radius 1 is 1.09 bits per heavy atom. The molecule has 0 aliphatic carbocycles. The minimum atomic E-state index is -0.160. The molecule has 0 aliphatic heterocycles. The summed E-state index contributed by atoms with van der Waals surface area (Å²) < 4.78 is 0. The Labute approximate surface area is 148 Å². The van der Waals surface area contributed by atoms with Crippen LogP contribution in [-0.2, 0) is 0 Å². The number of nitrogens with one attached hydrogen (secondary N) is 3. The van der Waals surface area contributed by atoms with Crippen molar-refractivity contribution in [2.24, 2.45) is 4.99 Å². The molecule has 0 unspecified atom stereocenters. The molecule has 22 heavy (non-hydrogen) atoms. The van der Waals surface area contributed by atoms with Crippen LogP contribution in [0.15, 0.2) is 29.3 Å². The standard InChI is InChI=1S/C15H24N4O2.HI/c1-3-9-18-15(16-4-2)19-11-10-17-14(21)12-5-7-13(20)8-6-12;/h5-8,20H,3-4,9-11H2,1-2H3,(H,17,21)(H2,16,18,19);1H. The first kappa shape index (κ1) is 20.5. The molecule has 1 aromatic carbocycles. The van der Waals surface area contributed by atoms with Gasteiger partial charge in [-0.25, -0.2) is 0 Å². The third-order valence-corrected chi connectivity index (χ3v) is 2.67. The van der Waals surface area contributed by atoms with Crippen LogP contribution in [0.2, 0.25) is 0 Å². The number of aliphatic imine (C=N–C) groups is 1. The monoisotopic (exact) mass is 420 g/mol. The van der Waals surface area contributed by atoms with E-state index in [-0.39, 0.29) is 35.6 Å². The van der Waals surface area contributed by atoms with Crippen molar-refractivity contribution in [1.82, 2.24) is 16.0 Å². The number of hydrogen-bond acceptors (Lipinski definition) is 3. The van der Waals surface area contributed by atoms with Crippen molar-refractivity contribution >= 4 is 35.8 Å². The smallest absolute Gasteiger partial charge is 0.251 e. The summed E-state index contributed by atoms with van der Waals surface area (Å²) in [6.45, 7) is 6.75. The first-order valence-electron chi connectivity index (χ1n) is 7.26. The highest BCUT2D eigenvalue weighted by molar-refractivity contribution is 14.0. The molecule has 0 fully saturated rings. The van der Waals surface area contributed by atoms with Gasteiger partial charge in [0, 0.05) is 31.7 Å². The van der Waals surface area contributed by atoms with Crippen LogP contribution in [0.25, 0.3) is 0 Å². The fourth-order valence-corrected chi connectivity index (χ4v) is 1.64. The molecule has 1 aromatic rings. The Hall–Kier alpha value is -1.51. The van der Waals surface area contributed by atoms with Gasteiger partial charge in [-0.05, 0) is 37.6 Å². The second kappa shape index (κ2) is 12.1. The lowest BCUT2D eigenvalue weighted by molar-refractivity contribution is 0.0954. The maximum absolute atomic E-state index is 11.8. The molecular formula is C15H25IN4O2. The predicted octanol–water partition coefficient (Wildman–Crippen LogP) is 1.71. The first-order chi connectivity index (χ1) is 10.2. The fraction of sp³-hybridized carbons (Fsp3) is 0.467. The minimum Gasteiger partial charge on any atom is -0.508 e.